The Hall–Kier alpha value is -1.26. The molecule has 1 N–H and O–H groups in total. The number of benzene rings is 2. The zero-order chi connectivity index (χ0) is 15.4. The fourth-order valence-corrected chi connectivity index (χ4v) is 2.70. The minimum absolute atomic E-state index is 0.290. The fourth-order valence-electron chi connectivity index (χ4n) is 2.28. The average Bonchev–Trinajstić information content (AvgIpc) is 2.44. The molecule has 0 fully saturated rings. The fraction of sp³-hybridized carbons (Fsp3) is 0.294. The summed E-state index contributed by atoms with van der Waals surface area (Å²) >= 11 is 3.43. The Labute approximate surface area is 132 Å². The molecule has 1 unspecified atom stereocenters. The van der Waals surface area contributed by atoms with E-state index in [1.165, 1.54) is 0 Å². The molecule has 0 heterocycles. The molecule has 0 saturated carbocycles. The van der Waals surface area contributed by atoms with E-state index in [0.717, 1.165) is 29.1 Å². The van der Waals surface area contributed by atoms with Crippen LogP contribution in [-0.2, 0) is 0 Å². The normalized spacial score (nSPS) is 12.4. The van der Waals surface area contributed by atoms with Crippen molar-refractivity contribution < 1.29 is 8.78 Å². The predicted octanol–water partition coefficient (Wildman–Crippen LogP) is 5.12. The summed E-state index contributed by atoms with van der Waals surface area (Å²) in [7, 11) is 0. The van der Waals surface area contributed by atoms with Crippen molar-refractivity contribution in [1.82, 2.24) is 5.32 Å². The molecule has 0 aromatic heterocycles. The number of halogens is 3. The van der Waals surface area contributed by atoms with Crippen molar-refractivity contribution in [3.63, 3.8) is 0 Å². The molecule has 2 aromatic carbocycles. The molecule has 0 aliphatic rings. The van der Waals surface area contributed by atoms with Crippen molar-refractivity contribution >= 4 is 15.9 Å². The molecule has 0 saturated heterocycles. The van der Waals surface area contributed by atoms with Crippen LogP contribution in [0.3, 0.4) is 0 Å². The van der Waals surface area contributed by atoms with Gasteiger partial charge in [-0.05, 0) is 49.2 Å². The lowest BCUT2D eigenvalue weighted by Gasteiger charge is -2.21. The first-order chi connectivity index (χ1) is 10.0. The number of hydrogen-bond acceptors (Lipinski definition) is 1. The van der Waals surface area contributed by atoms with Crippen molar-refractivity contribution in [3.05, 3.63) is 69.2 Å². The molecule has 0 bridgehead atoms. The number of rotatable bonds is 5. The Balaban J connectivity index is 2.47. The highest BCUT2D eigenvalue weighted by atomic mass is 79.9. The lowest BCUT2D eigenvalue weighted by Crippen LogP contribution is -2.24. The summed E-state index contributed by atoms with van der Waals surface area (Å²) in [5.74, 6) is -1.04. The monoisotopic (exact) mass is 353 g/mol. The lowest BCUT2D eigenvalue weighted by atomic mass is 9.96. The zero-order valence-corrected chi connectivity index (χ0v) is 13.7. The third kappa shape index (κ3) is 3.89. The van der Waals surface area contributed by atoms with Crippen molar-refractivity contribution in [2.45, 2.75) is 26.3 Å². The van der Waals surface area contributed by atoms with Gasteiger partial charge in [0.25, 0.3) is 0 Å². The van der Waals surface area contributed by atoms with Gasteiger partial charge in [-0.15, -0.1) is 0 Å². The summed E-state index contributed by atoms with van der Waals surface area (Å²) in [5.41, 5.74) is 1.87. The molecular formula is C17H18BrF2N. The van der Waals surface area contributed by atoms with Gasteiger partial charge in [0.15, 0.2) is 0 Å². The molecule has 0 amide bonds. The van der Waals surface area contributed by atoms with E-state index in [-0.39, 0.29) is 6.04 Å². The first kappa shape index (κ1) is 16.1. The Bertz CT molecular complexity index is 628. The molecular weight excluding hydrogens is 336 g/mol. The molecule has 21 heavy (non-hydrogen) atoms. The Kier molecular flexibility index (Phi) is 5.48. The highest BCUT2D eigenvalue weighted by Gasteiger charge is 2.19. The van der Waals surface area contributed by atoms with Crippen LogP contribution in [0.2, 0.25) is 0 Å². The van der Waals surface area contributed by atoms with E-state index in [1.807, 2.05) is 24.3 Å². The van der Waals surface area contributed by atoms with E-state index >= 15 is 0 Å². The van der Waals surface area contributed by atoms with Gasteiger partial charge in [-0.2, -0.15) is 0 Å². The third-order valence-electron chi connectivity index (χ3n) is 3.37. The predicted molar refractivity (Wildman–Crippen MR) is 85.4 cm³/mol. The van der Waals surface area contributed by atoms with Gasteiger partial charge in [0.05, 0.1) is 6.04 Å². The molecule has 0 aliphatic heterocycles. The molecule has 1 atom stereocenters. The maximum atomic E-state index is 14.2. The van der Waals surface area contributed by atoms with Crippen LogP contribution in [0.1, 0.15) is 36.1 Å². The van der Waals surface area contributed by atoms with E-state index in [1.54, 1.807) is 13.0 Å². The second-order valence-corrected chi connectivity index (χ2v) is 5.98. The van der Waals surface area contributed by atoms with Gasteiger partial charge in [-0.3, -0.25) is 0 Å². The van der Waals surface area contributed by atoms with Gasteiger partial charge in [-0.1, -0.05) is 35.0 Å². The molecule has 1 nitrogen and oxygen atoms in total. The maximum absolute atomic E-state index is 14.2. The number of nitrogens with one attached hydrogen (secondary N) is 1. The van der Waals surface area contributed by atoms with Gasteiger partial charge in [0.1, 0.15) is 11.6 Å². The molecule has 112 valence electrons. The standard InChI is InChI=1S/C17H18BrF2N/c1-3-7-21-17(12-5-4-6-13(18)9-12)14-8-11(2)15(19)10-16(14)20/h4-6,8-10,17,21H,3,7H2,1-2H3. The average molecular weight is 354 g/mol. The molecule has 2 aromatic rings. The Morgan fingerprint density at radius 2 is 1.90 bits per heavy atom. The van der Waals surface area contributed by atoms with Gasteiger partial charge < -0.3 is 5.32 Å². The van der Waals surface area contributed by atoms with E-state index in [9.17, 15) is 8.78 Å². The molecule has 2 rings (SSSR count). The van der Waals surface area contributed by atoms with Crippen molar-refractivity contribution in [2.75, 3.05) is 6.54 Å². The summed E-state index contributed by atoms with van der Waals surface area (Å²) in [5, 5.41) is 3.33. The van der Waals surface area contributed by atoms with Crippen LogP contribution in [0, 0.1) is 18.6 Å². The van der Waals surface area contributed by atoms with Crippen LogP contribution in [0.15, 0.2) is 40.9 Å². The topological polar surface area (TPSA) is 12.0 Å². The summed E-state index contributed by atoms with van der Waals surface area (Å²) < 4.78 is 28.6. The number of aryl methyl sites for hydroxylation is 1. The SMILES string of the molecule is CCCNC(c1cccc(Br)c1)c1cc(C)c(F)cc1F. The van der Waals surface area contributed by atoms with Crippen LogP contribution in [-0.4, -0.2) is 6.54 Å². The highest BCUT2D eigenvalue weighted by Crippen LogP contribution is 2.28. The molecule has 0 spiro atoms. The number of hydrogen-bond donors (Lipinski definition) is 1. The van der Waals surface area contributed by atoms with Gasteiger partial charge in [0.2, 0.25) is 0 Å². The summed E-state index contributed by atoms with van der Waals surface area (Å²) in [6.45, 7) is 4.46. The summed E-state index contributed by atoms with van der Waals surface area (Å²) in [4.78, 5) is 0. The minimum Gasteiger partial charge on any atom is -0.306 e. The minimum atomic E-state index is -0.522. The maximum Gasteiger partial charge on any atom is 0.131 e. The lowest BCUT2D eigenvalue weighted by molar-refractivity contribution is 0.530. The summed E-state index contributed by atoms with van der Waals surface area (Å²) in [6.07, 6.45) is 0.937. The van der Waals surface area contributed by atoms with Crippen LogP contribution in [0.5, 0.6) is 0 Å². The quantitative estimate of drug-likeness (QED) is 0.785. The zero-order valence-electron chi connectivity index (χ0n) is 12.1. The second kappa shape index (κ2) is 7.14. The van der Waals surface area contributed by atoms with Gasteiger partial charge in [0, 0.05) is 16.1 Å². The van der Waals surface area contributed by atoms with E-state index < -0.39 is 11.6 Å². The van der Waals surface area contributed by atoms with Crippen LogP contribution < -0.4 is 5.32 Å². The van der Waals surface area contributed by atoms with E-state index in [0.29, 0.717) is 11.1 Å². The van der Waals surface area contributed by atoms with Gasteiger partial charge >= 0.3 is 0 Å². The molecule has 0 aliphatic carbocycles. The van der Waals surface area contributed by atoms with E-state index in [2.05, 4.69) is 28.2 Å². The third-order valence-corrected chi connectivity index (χ3v) is 3.86. The smallest absolute Gasteiger partial charge is 0.131 e. The molecule has 0 radical (unpaired) electrons. The first-order valence-electron chi connectivity index (χ1n) is 6.97. The first-order valence-corrected chi connectivity index (χ1v) is 7.76. The largest absolute Gasteiger partial charge is 0.306 e. The van der Waals surface area contributed by atoms with Crippen molar-refractivity contribution in [3.8, 4) is 0 Å². The second-order valence-electron chi connectivity index (χ2n) is 5.07. The van der Waals surface area contributed by atoms with Crippen molar-refractivity contribution in [1.29, 1.82) is 0 Å². The van der Waals surface area contributed by atoms with E-state index in [4.69, 9.17) is 0 Å². The Morgan fingerprint density at radius 1 is 1.14 bits per heavy atom. The van der Waals surface area contributed by atoms with Crippen LogP contribution in [0.4, 0.5) is 8.78 Å². The van der Waals surface area contributed by atoms with Crippen LogP contribution >= 0.6 is 15.9 Å². The molecule has 4 heteroatoms. The van der Waals surface area contributed by atoms with Crippen LogP contribution in [0.25, 0.3) is 0 Å². The van der Waals surface area contributed by atoms with Crippen molar-refractivity contribution in [2.24, 2.45) is 0 Å². The van der Waals surface area contributed by atoms with Gasteiger partial charge in [-0.25, -0.2) is 8.78 Å². The highest BCUT2D eigenvalue weighted by molar-refractivity contribution is 9.10. The Morgan fingerprint density at radius 3 is 2.57 bits per heavy atom. The summed E-state index contributed by atoms with van der Waals surface area (Å²) in [6, 6.07) is 9.98.